The minimum Gasteiger partial charge on any atom is -0.317 e. The molecule has 15 heavy (non-hydrogen) atoms. The number of hydrogen-bond donors (Lipinski definition) is 1. The molecule has 0 aliphatic carbocycles. The fraction of sp³-hybridized carbons (Fsp3) is 1.00. The van der Waals surface area contributed by atoms with Crippen molar-refractivity contribution in [3.05, 3.63) is 0 Å². The lowest BCUT2D eigenvalue weighted by Gasteiger charge is -2.30. The van der Waals surface area contributed by atoms with Crippen LogP contribution in [0.2, 0.25) is 0 Å². The van der Waals surface area contributed by atoms with Crippen molar-refractivity contribution in [2.75, 3.05) is 26.2 Å². The molecular formula is C13H30N2. The Hall–Kier alpha value is -0.0800. The van der Waals surface area contributed by atoms with Crippen molar-refractivity contribution in [2.24, 2.45) is 5.92 Å². The van der Waals surface area contributed by atoms with Crippen LogP contribution < -0.4 is 5.32 Å². The summed E-state index contributed by atoms with van der Waals surface area (Å²) in [7, 11) is 0. The van der Waals surface area contributed by atoms with Gasteiger partial charge in [-0.2, -0.15) is 0 Å². The number of nitrogens with one attached hydrogen (secondary N) is 1. The third-order valence-electron chi connectivity index (χ3n) is 3.26. The Morgan fingerprint density at radius 2 is 1.80 bits per heavy atom. The van der Waals surface area contributed by atoms with Crippen LogP contribution >= 0.6 is 0 Å². The first-order valence-electron chi connectivity index (χ1n) is 6.60. The normalized spacial score (nSPS) is 15.6. The molecule has 0 aromatic rings. The highest BCUT2D eigenvalue weighted by Gasteiger charge is 2.13. The highest BCUT2D eigenvalue weighted by molar-refractivity contribution is 4.69. The van der Waals surface area contributed by atoms with E-state index in [1.807, 2.05) is 0 Å². The van der Waals surface area contributed by atoms with E-state index in [1.165, 1.54) is 25.9 Å². The summed E-state index contributed by atoms with van der Waals surface area (Å²) in [6.07, 6.45) is 2.55. The Balaban J connectivity index is 3.82. The van der Waals surface area contributed by atoms with E-state index in [0.29, 0.717) is 6.04 Å². The Bertz CT molecular complexity index is 136. The summed E-state index contributed by atoms with van der Waals surface area (Å²) in [5, 5.41) is 3.40. The van der Waals surface area contributed by atoms with Crippen molar-refractivity contribution >= 4 is 0 Å². The predicted molar refractivity (Wildman–Crippen MR) is 69.3 cm³/mol. The summed E-state index contributed by atoms with van der Waals surface area (Å²) in [6.45, 7) is 16.1. The van der Waals surface area contributed by atoms with Crippen molar-refractivity contribution in [2.45, 2.75) is 53.5 Å². The molecule has 0 aliphatic rings. The van der Waals surface area contributed by atoms with Crippen LogP contribution in [0, 0.1) is 5.92 Å². The summed E-state index contributed by atoms with van der Waals surface area (Å²) in [4.78, 5) is 2.60. The molecule has 0 bridgehead atoms. The molecule has 0 aromatic heterocycles. The second-order valence-corrected chi connectivity index (χ2v) is 4.59. The minimum atomic E-state index is 0.711. The lowest BCUT2D eigenvalue weighted by molar-refractivity contribution is 0.180. The molecule has 0 saturated heterocycles. The highest BCUT2D eigenvalue weighted by atomic mass is 15.1. The van der Waals surface area contributed by atoms with Gasteiger partial charge in [0.1, 0.15) is 0 Å². The minimum absolute atomic E-state index is 0.711. The van der Waals surface area contributed by atoms with Crippen LogP contribution in [0.5, 0.6) is 0 Å². The number of nitrogens with zero attached hydrogens (tertiary/aromatic N) is 1. The molecule has 0 aliphatic heterocycles. The van der Waals surface area contributed by atoms with E-state index in [2.05, 4.69) is 44.8 Å². The van der Waals surface area contributed by atoms with Gasteiger partial charge < -0.3 is 10.2 Å². The average Bonchev–Trinajstić information content (AvgIpc) is 2.25. The molecular weight excluding hydrogens is 184 g/mol. The molecule has 0 fully saturated rings. The van der Waals surface area contributed by atoms with Gasteiger partial charge in [0.2, 0.25) is 0 Å². The van der Waals surface area contributed by atoms with Crippen LogP contribution in [0.3, 0.4) is 0 Å². The highest BCUT2D eigenvalue weighted by Crippen LogP contribution is 2.09. The molecule has 2 unspecified atom stereocenters. The smallest absolute Gasteiger partial charge is 0.00790 e. The van der Waals surface area contributed by atoms with Gasteiger partial charge in [0.25, 0.3) is 0 Å². The van der Waals surface area contributed by atoms with Crippen LogP contribution in [-0.4, -0.2) is 37.1 Å². The van der Waals surface area contributed by atoms with E-state index in [0.717, 1.165) is 19.0 Å². The quantitative estimate of drug-likeness (QED) is 0.594. The van der Waals surface area contributed by atoms with E-state index in [4.69, 9.17) is 0 Å². The fourth-order valence-electron chi connectivity index (χ4n) is 1.82. The molecule has 0 rings (SSSR count). The van der Waals surface area contributed by atoms with Crippen molar-refractivity contribution < 1.29 is 0 Å². The second kappa shape index (κ2) is 9.17. The van der Waals surface area contributed by atoms with Gasteiger partial charge in [0.15, 0.2) is 0 Å². The molecule has 0 heterocycles. The first-order chi connectivity index (χ1) is 7.15. The van der Waals surface area contributed by atoms with Gasteiger partial charge in [-0.15, -0.1) is 0 Å². The van der Waals surface area contributed by atoms with Crippen molar-refractivity contribution in [3.63, 3.8) is 0 Å². The van der Waals surface area contributed by atoms with E-state index < -0.39 is 0 Å². The van der Waals surface area contributed by atoms with Crippen molar-refractivity contribution in [3.8, 4) is 0 Å². The molecule has 2 nitrogen and oxygen atoms in total. The van der Waals surface area contributed by atoms with E-state index in [1.54, 1.807) is 0 Å². The van der Waals surface area contributed by atoms with E-state index in [-0.39, 0.29) is 0 Å². The molecule has 2 heteroatoms. The standard InChI is InChI=1S/C13H30N2/c1-6-12(4)11-15(8-3)13(5)9-10-14-7-2/h12-14H,6-11H2,1-5H3. The summed E-state index contributed by atoms with van der Waals surface area (Å²) < 4.78 is 0. The first kappa shape index (κ1) is 14.9. The third kappa shape index (κ3) is 6.91. The number of rotatable bonds is 9. The lowest BCUT2D eigenvalue weighted by atomic mass is 10.1. The molecule has 2 atom stereocenters. The lowest BCUT2D eigenvalue weighted by Crippen LogP contribution is -2.38. The molecule has 92 valence electrons. The zero-order valence-corrected chi connectivity index (χ0v) is 11.3. The van der Waals surface area contributed by atoms with Crippen LogP contribution in [0.15, 0.2) is 0 Å². The van der Waals surface area contributed by atoms with E-state index in [9.17, 15) is 0 Å². The Labute approximate surface area is 96.4 Å². The van der Waals surface area contributed by atoms with Gasteiger partial charge >= 0.3 is 0 Å². The van der Waals surface area contributed by atoms with Crippen LogP contribution in [-0.2, 0) is 0 Å². The maximum atomic E-state index is 3.40. The van der Waals surface area contributed by atoms with Crippen molar-refractivity contribution in [1.82, 2.24) is 10.2 Å². The summed E-state index contributed by atoms with van der Waals surface area (Å²) in [5.74, 6) is 0.825. The van der Waals surface area contributed by atoms with Gasteiger partial charge in [0.05, 0.1) is 0 Å². The maximum Gasteiger partial charge on any atom is 0.00790 e. The van der Waals surface area contributed by atoms with Gasteiger partial charge in [-0.25, -0.2) is 0 Å². The van der Waals surface area contributed by atoms with Crippen LogP contribution in [0.1, 0.15) is 47.5 Å². The Morgan fingerprint density at radius 3 is 2.27 bits per heavy atom. The third-order valence-corrected chi connectivity index (χ3v) is 3.26. The van der Waals surface area contributed by atoms with Gasteiger partial charge in [0, 0.05) is 12.6 Å². The van der Waals surface area contributed by atoms with Crippen LogP contribution in [0.4, 0.5) is 0 Å². The molecule has 0 saturated carbocycles. The summed E-state index contributed by atoms with van der Waals surface area (Å²) >= 11 is 0. The Morgan fingerprint density at radius 1 is 1.13 bits per heavy atom. The fourth-order valence-corrected chi connectivity index (χ4v) is 1.82. The SMILES string of the molecule is CCNCCC(C)N(CC)CC(C)CC. The molecule has 0 aromatic carbocycles. The van der Waals surface area contributed by atoms with Gasteiger partial charge in [-0.1, -0.05) is 34.1 Å². The largest absolute Gasteiger partial charge is 0.317 e. The van der Waals surface area contributed by atoms with Gasteiger partial charge in [-0.3, -0.25) is 0 Å². The monoisotopic (exact) mass is 214 g/mol. The predicted octanol–water partition coefficient (Wildman–Crippen LogP) is 2.74. The molecule has 1 N–H and O–H groups in total. The Kier molecular flexibility index (Phi) is 9.12. The molecule has 0 amide bonds. The average molecular weight is 214 g/mol. The topological polar surface area (TPSA) is 15.3 Å². The van der Waals surface area contributed by atoms with Crippen LogP contribution in [0.25, 0.3) is 0 Å². The summed E-state index contributed by atoms with van der Waals surface area (Å²) in [6, 6.07) is 0.711. The first-order valence-corrected chi connectivity index (χ1v) is 6.60. The summed E-state index contributed by atoms with van der Waals surface area (Å²) in [5.41, 5.74) is 0. The zero-order chi connectivity index (χ0) is 11.7. The van der Waals surface area contributed by atoms with Gasteiger partial charge in [-0.05, 0) is 38.9 Å². The number of hydrogen-bond acceptors (Lipinski definition) is 2. The molecule has 0 radical (unpaired) electrons. The zero-order valence-electron chi connectivity index (χ0n) is 11.3. The van der Waals surface area contributed by atoms with E-state index >= 15 is 0 Å². The maximum absolute atomic E-state index is 3.40. The van der Waals surface area contributed by atoms with Crippen molar-refractivity contribution in [1.29, 1.82) is 0 Å². The second-order valence-electron chi connectivity index (χ2n) is 4.59. The molecule has 0 spiro atoms.